The number of anilines is 1. The van der Waals surface area contributed by atoms with Crippen LogP contribution >= 0.6 is 22.9 Å². The molecule has 1 aromatic heterocycles. The quantitative estimate of drug-likeness (QED) is 0.853. The van der Waals surface area contributed by atoms with Gasteiger partial charge in [0.1, 0.15) is 0 Å². The lowest BCUT2D eigenvalue weighted by molar-refractivity contribution is -0.144. The topological polar surface area (TPSA) is 51.2 Å². The third kappa shape index (κ3) is 3.71. The summed E-state index contributed by atoms with van der Waals surface area (Å²) in [6, 6.07) is 6.57. The van der Waals surface area contributed by atoms with E-state index in [1.54, 1.807) is 19.1 Å². The van der Waals surface area contributed by atoms with E-state index in [-0.39, 0.29) is 5.97 Å². The predicted molar refractivity (Wildman–Crippen MR) is 81.3 cm³/mol. The highest BCUT2D eigenvalue weighted by atomic mass is 35.5. The fourth-order valence-electron chi connectivity index (χ4n) is 1.74. The van der Waals surface area contributed by atoms with Gasteiger partial charge in [0.2, 0.25) is 0 Å². The standard InChI is InChI=1S/C14H15ClN2O2S/c1-3-19-14(18)13(12-8-20-9(2)16-12)17-11-6-4-5-10(15)7-11/h4-8,13,17H,3H2,1-2H3. The zero-order valence-electron chi connectivity index (χ0n) is 11.2. The lowest BCUT2D eigenvalue weighted by Crippen LogP contribution is -2.23. The van der Waals surface area contributed by atoms with Gasteiger partial charge in [-0.3, -0.25) is 0 Å². The molecule has 2 rings (SSSR count). The molecule has 1 N–H and O–H groups in total. The van der Waals surface area contributed by atoms with Gasteiger partial charge < -0.3 is 10.1 Å². The highest BCUT2D eigenvalue weighted by Crippen LogP contribution is 2.24. The molecular weight excluding hydrogens is 296 g/mol. The van der Waals surface area contributed by atoms with Crippen LogP contribution in [0.4, 0.5) is 5.69 Å². The van der Waals surface area contributed by atoms with Gasteiger partial charge in [-0.2, -0.15) is 0 Å². The van der Waals surface area contributed by atoms with Gasteiger partial charge in [-0.05, 0) is 32.0 Å². The van der Waals surface area contributed by atoms with Gasteiger partial charge in [0.15, 0.2) is 6.04 Å². The number of halogens is 1. The van der Waals surface area contributed by atoms with Crippen molar-refractivity contribution < 1.29 is 9.53 Å². The Balaban J connectivity index is 2.25. The molecule has 1 unspecified atom stereocenters. The molecule has 0 aliphatic carbocycles. The van der Waals surface area contributed by atoms with E-state index in [4.69, 9.17) is 16.3 Å². The van der Waals surface area contributed by atoms with E-state index in [0.717, 1.165) is 10.7 Å². The molecule has 2 aromatic rings. The van der Waals surface area contributed by atoms with Crippen LogP contribution in [0.2, 0.25) is 5.02 Å². The molecule has 1 heterocycles. The number of aryl methyl sites for hydroxylation is 1. The van der Waals surface area contributed by atoms with E-state index < -0.39 is 6.04 Å². The van der Waals surface area contributed by atoms with E-state index in [0.29, 0.717) is 17.3 Å². The third-order valence-electron chi connectivity index (χ3n) is 2.59. The number of carbonyl (C=O) groups excluding carboxylic acids is 1. The van der Waals surface area contributed by atoms with Crippen molar-refractivity contribution >= 4 is 34.6 Å². The van der Waals surface area contributed by atoms with Crippen molar-refractivity contribution in [3.05, 3.63) is 45.4 Å². The summed E-state index contributed by atoms with van der Waals surface area (Å²) in [5, 5.41) is 6.48. The van der Waals surface area contributed by atoms with Crippen molar-refractivity contribution in [2.24, 2.45) is 0 Å². The molecule has 0 radical (unpaired) electrons. The van der Waals surface area contributed by atoms with Crippen LogP contribution in [0.1, 0.15) is 23.7 Å². The van der Waals surface area contributed by atoms with Crippen LogP contribution in [0.5, 0.6) is 0 Å². The summed E-state index contributed by atoms with van der Waals surface area (Å²) in [4.78, 5) is 16.4. The van der Waals surface area contributed by atoms with Crippen molar-refractivity contribution in [2.75, 3.05) is 11.9 Å². The fraction of sp³-hybridized carbons (Fsp3) is 0.286. The first-order valence-electron chi connectivity index (χ1n) is 6.21. The van der Waals surface area contributed by atoms with Crippen LogP contribution in [-0.2, 0) is 9.53 Å². The number of carbonyl (C=O) groups is 1. The number of benzene rings is 1. The summed E-state index contributed by atoms with van der Waals surface area (Å²) in [6.07, 6.45) is 0. The number of hydrogen-bond donors (Lipinski definition) is 1. The Kier molecular flexibility index (Phi) is 4.98. The van der Waals surface area contributed by atoms with Gasteiger partial charge in [0.25, 0.3) is 0 Å². The second kappa shape index (κ2) is 6.72. The minimum atomic E-state index is -0.627. The Labute approximate surface area is 126 Å². The van der Waals surface area contributed by atoms with Gasteiger partial charge in [-0.1, -0.05) is 17.7 Å². The molecule has 0 bridgehead atoms. The lowest BCUT2D eigenvalue weighted by atomic mass is 10.2. The Morgan fingerprint density at radius 1 is 1.55 bits per heavy atom. The third-order valence-corrected chi connectivity index (χ3v) is 3.62. The molecule has 0 saturated heterocycles. The normalized spacial score (nSPS) is 11.9. The minimum absolute atomic E-state index is 0.329. The second-order valence-corrected chi connectivity index (χ2v) is 5.63. The summed E-state index contributed by atoms with van der Waals surface area (Å²) in [5.74, 6) is -0.349. The SMILES string of the molecule is CCOC(=O)C(Nc1cccc(Cl)c1)c1csc(C)n1. The van der Waals surface area contributed by atoms with Crippen molar-refractivity contribution in [2.45, 2.75) is 19.9 Å². The Morgan fingerprint density at radius 3 is 2.95 bits per heavy atom. The van der Waals surface area contributed by atoms with E-state index in [9.17, 15) is 4.79 Å². The molecule has 106 valence electrons. The average molecular weight is 311 g/mol. The fourth-order valence-corrected chi connectivity index (χ4v) is 2.57. The maximum Gasteiger partial charge on any atom is 0.334 e. The van der Waals surface area contributed by atoms with Crippen LogP contribution in [0.15, 0.2) is 29.6 Å². The van der Waals surface area contributed by atoms with E-state index in [1.807, 2.05) is 24.4 Å². The van der Waals surface area contributed by atoms with Gasteiger partial charge in [0.05, 0.1) is 17.3 Å². The first-order chi connectivity index (χ1) is 9.60. The van der Waals surface area contributed by atoms with Crippen molar-refractivity contribution in [1.29, 1.82) is 0 Å². The Hall–Kier alpha value is -1.59. The number of rotatable bonds is 5. The van der Waals surface area contributed by atoms with E-state index >= 15 is 0 Å². The summed E-state index contributed by atoms with van der Waals surface area (Å²) in [5.41, 5.74) is 1.41. The van der Waals surface area contributed by atoms with Gasteiger partial charge >= 0.3 is 5.97 Å². The van der Waals surface area contributed by atoms with Crippen molar-refractivity contribution in [3.8, 4) is 0 Å². The van der Waals surface area contributed by atoms with Crippen LogP contribution in [-0.4, -0.2) is 17.6 Å². The number of nitrogens with one attached hydrogen (secondary N) is 1. The van der Waals surface area contributed by atoms with Crippen LogP contribution in [0.3, 0.4) is 0 Å². The van der Waals surface area contributed by atoms with E-state index in [2.05, 4.69) is 10.3 Å². The summed E-state index contributed by atoms with van der Waals surface area (Å²) < 4.78 is 5.10. The van der Waals surface area contributed by atoms with Gasteiger partial charge in [-0.15, -0.1) is 11.3 Å². The molecule has 0 amide bonds. The van der Waals surface area contributed by atoms with Crippen LogP contribution < -0.4 is 5.32 Å². The molecule has 1 aromatic carbocycles. The predicted octanol–water partition coefficient (Wildman–Crippen LogP) is 3.82. The summed E-state index contributed by atoms with van der Waals surface area (Å²) in [6.45, 7) is 4.01. The first-order valence-corrected chi connectivity index (χ1v) is 7.46. The number of ether oxygens (including phenoxy) is 1. The molecular formula is C14H15ClN2O2S. The Morgan fingerprint density at radius 2 is 2.35 bits per heavy atom. The molecule has 1 atom stereocenters. The van der Waals surface area contributed by atoms with Crippen LogP contribution in [0, 0.1) is 6.92 Å². The van der Waals surface area contributed by atoms with E-state index in [1.165, 1.54) is 11.3 Å². The van der Waals surface area contributed by atoms with Crippen LogP contribution in [0.25, 0.3) is 0 Å². The zero-order chi connectivity index (χ0) is 14.5. The number of esters is 1. The maximum absolute atomic E-state index is 12.1. The molecule has 0 aliphatic heterocycles. The first kappa shape index (κ1) is 14.8. The highest BCUT2D eigenvalue weighted by Gasteiger charge is 2.24. The molecule has 0 spiro atoms. The monoisotopic (exact) mass is 310 g/mol. The number of nitrogens with zero attached hydrogens (tertiary/aromatic N) is 1. The summed E-state index contributed by atoms with van der Waals surface area (Å²) in [7, 11) is 0. The zero-order valence-corrected chi connectivity index (χ0v) is 12.8. The van der Waals surface area contributed by atoms with Gasteiger partial charge in [0, 0.05) is 16.1 Å². The minimum Gasteiger partial charge on any atom is -0.464 e. The number of hydrogen-bond acceptors (Lipinski definition) is 5. The highest BCUT2D eigenvalue weighted by molar-refractivity contribution is 7.09. The molecule has 0 fully saturated rings. The molecule has 4 nitrogen and oxygen atoms in total. The van der Waals surface area contributed by atoms with Gasteiger partial charge in [-0.25, -0.2) is 9.78 Å². The molecule has 6 heteroatoms. The maximum atomic E-state index is 12.1. The smallest absolute Gasteiger partial charge is 0.334 e. The Bertz CT molecular complexity index is 600. The van der Waals surface area contributed by atoms with Crippen molar-refractivity contribution in [1.82, 2.24) is 4.98 Å². The molecule has 20 heavy (non-hydrogen) atoms. The van der Waals surface area contributed by atoms with Crippen molar-refractivity contribution in [3.63, 3.8) is 0 Å². The second-order valence-electron chi connectivity index (χ2n) is 4.13. The number of thiazole rings is 1. The molecule has 0 aliphatic rings. The molecule has 0 saturated carbocycles. The lowest BCUT2D eigenvalue weighted by Gasteiger charge is -2.16. The largest absolute Gasteiger partial charge is 0.464 e. The number of aromatic nitrogens is 1. The summed E-state index contributed by atoms with van der Waals surface area (Å²) >= 11 is 7.45. The average Bonchev–Trinajstić information content (AvgIpc) is 2.83.